The number of methoxy groups -OCH3 is 1. The lowest BCUT2D eigenvalue weighted by atomic mass is 10.1. The minimum Gasteiger partial charge on any atom is -0.495 e. The number of benzene rings is 2. The number of aryl methyl sites for hydroxylation is 1. The van der Waals surface area contributed by atoms with Crippen LogP contribution in [0.2, 0.25) is 0 Å². The van der Waals surface area contributed by atoms with Gasteiger partial charge in [-0.2, -0.15) is 5.26 Å². The van der Waals surface area contributed by atoms with Crippen molar-refractivity contribution in [3.63, 3.8) is 0 Å². The predicted octanol–water partition coefficient (Wildman–Crippen LogP) is 5.36. The van der Waals surface area contributed by atoms with Gasteiger partial charge in [-0.25, -0.2) is 4.98 Å². The molecule has 1 aromatic heterocycles. The van der Waals surface area contributed by atoms with E-state index in [0.29, 0.717) is 10.6 Å². The van der Waals surface area contributed by atoms with E-state index in [4.69, 9.17) is 4.74 Å². The van der Waals surface area contributed by atoms with E-state index in [1.807, 2.05) is 29.6 Å². The summed E-state index contributed by atoms with van der Waals surface area (Å²) in [6.45, 7) is 2.13. The molecule has 0 unspecified atom stereocenters. The molecule has 0 spiro atoms. The lowest BCUT2D eigenvalue weighted by molar-refractivity contribution is 0.417. The van der Waals surface area contributed by atoms with E-state index in [1.165, 1.54) is 16.9 Å². The summed E-state index contributed by atoms with van der Waals surface area (Å²) in [7, 11) is 1.62. The maximum absolute atomic E-state index is 9.51. The van der Waals surface area contributed by atoms with Crippen LogP contribution in [0, 0.1) is 11.3 Å². The van der Waals surface area contributed by atoms with Crippen LogP contribution in [0.5, 0.6) is 5.75 Å². The molecule has 1 N–H and O–H groups in total. The summed E-state index contributed by atoms with van der Waals surface area (Å²) in [5.74, 6) is 0.719. The monoisotopic (exact) mass is 361 g/mol. The van der Waals surface area contributed by atoms with Crippen molar-refractivity contribution in [1.29, 1.82) is 5.26 Å². The predicted molar refractivity (Wildman–Crippen MR) is 107 cm³/mol. The van der Waals surface area contributed by atoms with Crippen LogP contribution in [0.3, 0.4) is 0 Å². The van der Waals surface area contributed by atoms with Crippen molar-refractivity contribution < 1.29 is 4.74 Å². The highest BCUT2D eigenvalue weighted by Crippen LogP contribution is 2.28. The second-order valence-corrected chi connectivity index (χ2v) is 6.46. The number of hydrogen-bond acceptors (Lipinski definition) is 5. The van der Waals surface area contributed by atoms with Gasteiger partial charge in [0.25, 0.3) is 0 Å². The average Bonchev–Trinajstić information content (AvgIpc) is 3.19. The minimum atomic E-state index is 0.484. The number of rotatable bonds is 6. The zero-order chi connectivity index (χ0) is 18.4. The Kier molecular flexibility index (Phi) is 5.67. The van der Waals surface area contributed by atoms with Gasteiger partial charge in [0.1, 0.15) is 22.4 Å². The fraction of sp³-hybridized carbons (Fsp3) is 0.143. The van der Waals surface area contributed by atoms with E-state index in [-0.39, 0.29) is 0 Å². The fourth-order valence-corrected chi connectivity index (χ4v) is 3.29. The maximum atomic E-state index is 9.51. The van der Waals surface area contributed by atoms with Gasteiger partial charge in [0.2, 0.25) is 0 Å². The van der Waals surface area contributed by atoms with Crippen LogP contribution in [-0.2, 0) is 6.42 Å². The molecule has 0 aliphatic rings. The highest BCUT2D eigenvalue weighted by atomic mass is 32.1. The molecule has 26 heavy (non-hydrogen) atoms. The maximum Gasteiger partial charge on any atom is 0.142 e. The highest BCUT2D eigenvalue weighted by molar-refractivity contribution is 7.11. The van der Waals surface area contributed by atoms with Gasteiger partial charge in [-0.05, 0) is 24.1 Å². The third-order valence-electron chi connectivity index (χ3n) is 3.99. The Morgan fingerprint density at radius 2 is 2.00 bits per heavy atom. The smallest absolute Gasteiger partial charge is 0.142 e. The molecular formula is C21H19N3OS. The number of aromatic nitrogens is 1. The summed E-state index contributed by atoms with van der Waals surface area (Å²) < 4.78 is 5.31. The van der Waals surface area contributed by atoms with Crippen molar-refractivity contribution in [3.8, 4) is 23.1 Å². The van der Waals surface area contributed by atoms with E-state index >= 15 is 0 Å². The van der Waals surface area contributed by atoms with Gasteiger partial charge in [-0.1, -0.05) is 43.3 Å². The van der Waals surface area contributed by atoms with E-state index in [1.54, 1.807) is 13.3 Å². The molecule has 0 saturated heterocycles. The summed E-state index contributed by atoms with van der Waals surface area (Å²) in [5.41, 5.74) is 4.51. The van der Waals surface area contributed by atoms with Crippen molar-refractivity contribution in [2.75, 3.05) is 12.4 Å². The number of allylic oxidation sites excluding steroid dienone is 1. The van der Waals surface area contributed by atoms with Crippen LogP contribution in [0.4, 0.5) is 5.69 Å². The molecule has 4 nitrogen and oxygen atoms in total. The summed E-state index contributed by atoms with van der Waals surface area (Å²) in [4.78, 5) is 4.62. The second-order valence-electron chi connectivity index (χ2n) is 5.60. The van der Waals surface area contributed by atoms with Gasteiger partial charge in [-0.3, -0.25) is 0 Å². The lowest BCUT2D eigenvalue weighted by Gasteiger charge is -2.07. The molecule has 0 bridgehead atoms. The second kappa shape index (κ2) is 8.32. The largest absolute Gasteiger partial charge is 0.495 e. The zero-order valence-corrected chi connectivity index (χ0v) is 15.5. The van der Waals surface area contributed by atoms with Crippen LogP contribution < -0.4 is 10.1 Å². The number of nitrogens with zero attached hydrogens (tertiary/aromatic N) is 2. The lowest BCUT2D eigenvalue weighted by Crippen LogP contribution is -1.94. The SMILES string of the molecule is CCc1ccc(-c2csc(C(C#N)=CNc3ccccc3OC)n2)cc1. The molecule has 3 aromatic rings. The summed E-state index contributed by atoms with van der Waals surface area (Å²) >= 11 is 1.46. The number of para-hydroxylation sites is 2. The van der Waals surface area contributed by atoms with Gasteiger partial charge >= 0.3 is 0 Å². The third-order valence-corrected chi connectivity index (χ3v) is 4.87. The summed E-state index contributed by atoms with van der Waals surface area (Å²) in [6.07, 6.45) is 2.68. The third kappa shape index (κ3) is 3.93. The van der Waals surface area contributed by atoms with Crippen molar-refractivity contribution in [1.82, 2.24) is 4.98 Å². The minimum absolute atomic E-state index is 0.484. The number of nitriles is 1. The summed E-state index contributed by atoms with van der Waals surface area (Å²) in [6, 6.07) is 18.1. The molecule has 0 atom stereocenters. The molecule has 5 heteroatoms. The van der Waals surface area contributed by atoms with Crippen molar-refractivity contribution in [2.45, 2.75) is 13.3 Å². The number of nitrogens with one attached hydrogen (secondary N) is 1. The number of hydrogen-bond donors (Lipinski definition) is 1. The van der Waals surface area contributed by atoms with Gasteiger partial charge < -0.3 is 10.1 Å². The molecule has 0 aliphatic heterocycles. The van der Waals surface area contributed by atoms with Gasteiger partial charge in [-0.15, -0.1) is 11.3 Å². The number of ether oxygens (including phenoxy) is 1. The molecule has 3 rings (SSSR count). The van der Waals surface area contributed by atoms with Gasteiger partial charge in [0, 0.05) is 17.1 Å². The molecule has 2 aromatic carbocycles. The molecule has 1 heterocycles. The average molecular weight is 361 g/mol. The Bertz CT molecular complexity index is 952. The van der Waals surface area contributed by atoms with Crippen molar-refractivity contribution in [2.24, 2.45) is 0 Å². The van der Waals surface area contributed by atoms with Crippen molar-refractivity contribution in [3.05, 3.63) is 70.7 Å². The normalized spacial score (nSPS) is 11.0. The Balaban J connectivity index is 1.82. The van der Waals surface area contributed by atoms with Crippen LogP contribution in [0.1, 0.15) is 17.5 Å². The van der Waals surface area contributed by atoms with Crippen LogP contribution >= 0.6 is 11.3 Å². The molecule has 0 radical (unpaired) electrons. The van der Waals surface area contributed by atoms with E-state index < -0.39 is 0 Å². The van der Waals surface area contributed by atoms with E-state index in [9.17, 15) is 5.26 Å². The first kappa shape index (κ1) is 17.7. The molecule has 130 valence electrons. The topological polar surface area (TPSA) is 57.9 Å². The van der Waals surface area contributed by atoms with Crippen LogP contribution in [-0.4, -0.2) is 12.1 Å². The van der Waals surface area contributed by atoms with Crippen molar-refractivity contribution >= 4 is 22.6 Å². The first-order valence-corrected chi connectivity index (χ1v) is 9.18. The highest BCUT2D eigenvalue weighted by Gasteiger charge is 2.09. The fourth-order valence-electron chi connectivity index (χ4n) is 2.50. The van der Waals surface area contributed by atoms with Crippen LogP contribution in [0.15, 0.2) is 60.1 Å². The van der Waals surface area contributed by atoms with Crippen LogP contribution in [0.25, 0.3) is 16.8 Å². The zero-order valence-electron chi connectivity index (χ0n) is 14.7. The molecule has 0 fully saturated rings. The summed E-state index contributed by atoms with van der Waals surface area (Å²) in [5, 5.41) is 15.3. The van der Waals surface area contributed by atoms with Gasteiger partial charge in [0.05, 0.1) is 18.5 Å². The Morgan fingerprint density at radius 3 is 2.69 bits per heavy atom. The Hall–Kier alpha value is -3.10. The van der Waals surface area contributed by atoms with Gasteiger partial charge in [0.15, 0.2) is 0 Å². The molecule has 0 saturated carbocycles. The first-order valence-electron chi connectivity index (χ1n) is 8.30. The van der Waals surface area contributed by atoms with E-state index in [2.05, 4.69) is 47.6 Å². The quantitative estimate of drug-likeness (QED) is 0.601. The standard InChI is InChI=1S/C21H19N3OS/c1-3-15-8-10-16(11-9-15)19-14-26-21(24-19)17(12-22)13-23-18-6-4-5-7-20(18)25-2/h4-11,13-14,23H,3H2,1-2H3. The molecule has 0 amide bonds. The molecular weight excluding hydrogens is 342 g/mol. The first-order chi connectivity index (χ1) is 12.7. The Labute approximate surface area is 157 Å². The molecule has 0 aliphatic carbocycles. The Morgan fingerprint density at radius 1 is 1.23 bits per heavy atom. The number of anilines is 1. The van der Waals surface area contributed by atoms with E-state index in [0.717, 1.165) is 29.1 Å². The number of thiazole rings is 1.